The number of hydrogen-bond acceptors (Lipinski definition) is 7. The summed E-state index contributed by atoms with van der Waals surface area (Å²) in [5, 5.41) is 9.36. The lowest BCUT2D eigenvalue weighted by Crippen LogP contribution is -2.30. The van der Waals surface area contributed by atoms with E-state index >= 15 is 0 Å². The third-order valence-electron chi connectivity index (χ3n) is 8.22. The fourth-order valence-electron chi connectivity index (χ4n) is 5.64. The van der Waals surface area contributed by atoms with Gasteiger partial charge in [-0.15, -0.1) is 0 Å². The van der Waals surface area contributed by atoms with Crippen molar-refractivity contribution in [3.63, 3.8) is 0 Å². The summed E-state index contributed by atoms with van der Waals surface area (Å²) in [4.78, 5) is 38.8. The first kappa shape index (κ1) is 35.2. The molecule has 1 fully saturated rings. The Morgan fingerprint density at radius 1 is 1.06 bits per heavy atom. The number of aliphatic carboxylic acids is 1. The molecule has 49 heavy (non-hydrogen) atoms. The van der Waals surface area contributed by atoms with Gasteiger partial charge in [0.25, 0.3) is 5.91 Å². The summed E-state index contributed by atoms with van der Waals surface area (Å²) in [7, 11) is 5.98. The molecule has 2 aliphatic heterocycles. The highest BCUT2D eigenvalue weighted by Crippen LogP contribution is 2.38. The first-order chi connectivity index (χ1) is 23.4. The zero-order valence-corrected chi connectivity index (χ0v) is 27.4. The minimum atomic E-state index is -5.08. The number of amides is 1. The van der Waals surface area contributed by atoms with E-state index in [9.17, 15) is 18.0 Å². The lowest BCUT2D eigenvalue weighted by molar-refractivity contribution is -0.192. The molecule has 0 spiro atoms. The summed E-state index contributed by atoms with van der Waals surface area (Å²) >= 11 is 0. The number of alkyl halides is 3. The largest absolute Gasteiger partial charge is 0.493 e. The summed E-state index contributed by atoms with van der Waals surface area (Å²) < 4.78 is 45.8. The van der Waals surface area contributed by atoms with Gasteiger partial charge in [-0.05, 0) is 57.2 Å². The van der Waals surface area contributed by atoms with Crippen molar-refractivity contribution in [1.29, 1.82) is 0 Å². The van der Waals surface area contributed by atoms with Crippen LogP contribution in [0.4, 0.5) is 13.2 Å². The van der Waals surface area contributed by atoms with Crippen LogP contribution in [0.5, 0.6) is 11.5 Å². The Morgan fingerprint density at radius 3 is 2.57 bits per heavy atom. The number of rotatable bonds is 7. The SMILES string of the molecule is COc1cc2c(-c3cc4cccnc4[nH]3)cn(C)c2cc1OCCCN1CCCN(C)CC1.O=C(O)C(F)(F)F.O=C1N=Cc2c[nH]cc21. The van der Waals surface area contributed by atoms with Crippen LogP contribution in [0.25, 0.3) is 33.2 Å². The predicted molar refractivity (Wildman–Crippen MR) is 180 cm³/mol. The van der Waals surface area contributed by atoms with E-state index in [0.717, 1.165) is 76.3 Å². The minimum Gasteiger partial charge on any atom is -0.493 e. The molecule has 7 rings (SSSR count). The van der Waals surface area contributed by atoms with Crippen LogP contribution in [0.1, 0.15) is 28.8 Å². The van der Waals surface area contributed by atoms with Gasteiger partial charge in [0.05, 0.1) is 24.8 Å². The Morgan fingerprint density at radius 2 is 1.86 bits per heavy atom. The molecule has 0 saturated carbocycles. The Labute approximate surface area is 280 Å². The number of nitrogens with one attached hydrogen (secondary N) is 2. The van der Waals surface area contributed by atoms with E-state index in [4.69, 9.17) is 19.4 Å². The number of aromatic amines is 2. The number of likely N-dealkylation sites (N-methyl/N-ethyl adjacent to an activating group) is 1. The maximum absolute atomic E-state index is 10.7. The standard InChI is InChI=1S/C26H33N5O2.C6H4N2O.C2HF3O2/c1-29-9-5-10-31(13-12-29)11-6-14-33-25-17-23-20(16-24(25)32-3)21(18-30(23)2)22-15-19-7-4-8-27-26(19)28-22;9-6-5-3-7-1-4(5)2-8-6;3-2(4,5)1(6)7/h4,7-8,15-18H,5-6,9-14H2,1-3H3,(H,27,28);1-3,7H;(H,6,7). The molecule has 0 atom stereocenters. The average molecular weight is 682 g/mol. The molecule has 1 amide bonds. The number of carboxylic acids is 1. The fraction of sp³-hybridized carbons (Fsp3) is 0.353. The molecular formula is C34H38F3N7O5. The summed E-state index contributed by atoms with van der Waals surface area (Å²) in [6.07, 6.45) is 6.09. The minimum absolute atomic E-state index is 0.147. The Balaban J connectivity index is 0.000000239. The number of aromatic nitrogens is 4. The van der Waals surface area contributed by atoms with Gasteiger partial charge in [-0.2, -0.15) is 13.2 Å². The second-order valence-electron chi connectivity index (χ2n) is 11.7. The van der Waals surface area contributed by atoms with Gasteiger partial charge < -0.3 is 38.9 Å². The van der Waals surface area contributed by atoms with Crippen LogP contribution in [-0.2, 0) is 11.8 Å². The van der Waals surface area contributed by atoms with Crippen molar-refractivity contribution in [2.24, 2.45) is 12.0 Å². The highest BCUT2D eigenvalue weighted by molar-refractivity contribution is 6.12. The number of methoxy groups -OCH3 is 1. The van der Waals surface area contributed by atoms with Crippen LogP contribution >= 0.6 is 0 Å². The molecule has 0 aliphatic carbocycles. The molecule has 15 heteroatoms. The molecular weight excluding hydrogens is 643 g/mol. The van der Waals surface area contributed by atoms with Crippen molar-refractivity contribution < 1.29 is 37.3 Å². The number of nitrogens with zero attached hydrogens (tertiary/aromatic N) is 5. The summed E-state index contributed by atoms with van der Waals surface area (Å²) in [5.41, 5.74) is 5.75. The van der Waals surface area contributed by atoms with Crippen LogP contribution in [0, 0.1) is 0 Å². The van der Waals surface area contributed by atoms with E-state index in [1.54, 1.807) is 25.7 Å². The first-order valence-electron chi connectivity index (χ1n) is 15.6. The number of pyridine rings is 1. The second-order valence-corrected chi connectivity index (χ2v) is 11.7. The Hall–Kier alpha value is -5.15. The van der Waals surface area contributed by atoms with E-state index < -0.39 is 12.1 Å². The topological polar surface area (TPSA) is 141 Å². The van der Waals surface area contributed by atoms with E-state index in [1.165, 1.54) is 19.5 Å². The summed E-state index contributed by atoms with van der Waals surface area (Å²) in [6, 6.07) is 10.4. The summed E-state index contributed by atoms with van der Waals surface area (Å²) in [5.74, 6) is -1.34. The smallest absolute Gasteiger partial charge is 0.490 e. The average Bonchev–Trinajstić information content (AvgIpc) is 3.83. The predicted octanol–water partition coefficient (Wildman–Crippen LogP) is 5.36. The third kappa shape index (κ3) is 8.66. The normalized spacial score (nSPS) is 14.9. The van der Waals surface area contributed by atoms with Crippen LogP contribution in [-0.4, -0.2) is 112 Å². The van der Waals surface area contributed by atoms with Gasteiger partial charge in [0.2, 0.25) is 0 Å². The van der Waals surface area contributed by atoms with Crippen molar-refractivity contribution in [2.45, 2.75) is 19.0 Å². The van der Waals surface area contributed by atoms with Crippen molar-refractivity contribution in [3.8, 4) is 22.8 Å². The molecule has 260 valence electrons. The van der Waals surface area contributed by atoms with Gasteiger partial charge in [-0.3, -0.25) is 4.79 Å². The van der Waals surface area contributed by atoms with E-state index in [0.29, 0.717) is 12.2 Å². The molecule has 1 saturated heterocycles. The first-order valence-corrected chi connectivity index (χ1v) is 15.6. The number of carboxylic acid groups (broad SMARTS) is 1. The van der Waals surface area contributed by atoms with E-state index in [-0.39, 0.29) is 5.91 Å². The number of carbonyl (C=O) groups excluding carboxylic acids is 1. The number of fused-ring (bicyclic) bond motifs is 3. The Bertz CT molecular complexity index is 1910. The number of ether oxygens (including phenoxy) is 2. The maximum Gasteiger partial charge on any atom is 0.490 e. The second kappa shape index (κ2) is 15.4. The van der Waals surface area contributed by atoms with Crippen LogP contribution < -0.4 is 9.47 Å². The van der Waals surface area contributed by atoms with Crippen LogP contribution in [0.3, 0.4) is 0 Å². The van der Waals surface area contributed by atoms with Crippen molar-refractivity contribution in [2.75, 3.05) is 53.5 Å². The number of H-pyrrole nitrogens is 2. The maximum atomic E-state index is 10.7. The van der Waals surface area contributed by atoms with Crippen LogP contribution in [0.2, 0.25) is 0 Å². The molecule has 5 aromatic rings. The van der Waals surface area contributed by atoms with Crippen molar-refractivity contribution in [3.05, 3.63) is 66.2 Å². The van der Waals surface area contributed by atoms with Gasteiger partial charge in [0.1, 0.15) is 5.65 Å². The lowest BCUT2D eigenvalue weighted by atomic mass is 10.1. The molecule has 0 unspecified atom stereocenters. The lowest BCUT2D eigenvalue weighted by Gasteiger charge is -2.20. The highest BCUT2D eigenvalue weighted by atomic mass is 19.4. The number of aryl methyl sites for hydroxylation is 1. The fourth-order valence-corrected chi connectivity index (χ4v) is 5.64. The third-order valence-corrected chi connectivity index (χ3v) is 8.22. The highest BCUT2D eigenvalue weighted by Gasteiger charge is 2.38. The number of hydrogen-bond donors (Lipinski definition) is 3. The van der Waals surface area contributed by atoms with Crippen molar-refractivity contribution >= 4 is 40.0 Å². The van der Waals surface area contributed by atoms with Gasteiger partial charge >= 0.3 is 12.1 Å². The van der Waals surface area contributed by atoms with Gasteiger partial charge in [-0.25, -0.2) is 14.8 Å². The number of halogens is 3. The molecule has 2 aliphatic rings. The molecule has 4 aromatic heterocycles. The zero-order chi connectivity index (χ0) is 35.1. The number of benzene rings is 1. The van der Waals surface area contributed by atoms with Gasteiger partial charge in [0.15, 0.2) is 11.5 Å². The quantitative estimate of drug-likeness (QED) is 0.195. The molecule has 12 nitrogen and oxygen atoms in total. The monoisotopic (exact) mass is 681 g/mol. The Kier molecular flexibility index (Phi) is 11.0. The van der Waals surface area contributed by atoms with Crippen LogP contribution in [0.15, 0.2) is 60.1 Å². The molecule has 6 heterocycles. The number of carbonyl (C=O) groups is 2. The molecule has 0 radical (unpaired) electrons. The van der Waals surface area contributed by atoms with Gasteiger partial charge in [0, 0.05) is 91.3 Å². The molecule has 3 N–H and O–H groups in total. The molecule has 1 aromatic carbocycles. The van der Waals surface area contributed by atoms with Gasteiger partial charge in [-0.1, -0.05) is 0 Å². The van der Waals surface area contributed by atoms with Crippen molar-refractivity contribution in [1.82, 2.24) is 29.3 Å². The zero-order valence-electron chi connectivity index (χ0n) is 27.4. The van der Waals surface area contributed by atoms with E-state index in [1.807, 2.05) is 12.3 Å². The van der Waals surface area contributed by atoms with E-state index in [2.05, 4.69) is 78.9 Å². The number of aliphatic imine (C=N–C) groups is 1. The molecule has 0 bridgehead atoms. The summed E-state index contributed by atoms with van der Waals surface area (Å²) in [6.45, 7) is 6.40.